The lowest BCUT2D eigenvalue weighted by Crippen LogP contribution is -2.56. The summed E-state index contributed by atoms with van der Waals surface area (Å²) in [5, 5.41) is 13.2. The Bertz CT molecular complexity index is 748. The standard InChI is InChI=1S/C15H15F3N2O2/c16-15(17,18)14(22)6-9(7-14)8-19-12-5-13(21)20-11-4-2-1-3-10(11)12/h1-5,9,22H,6-8H2,(H2,19,20,21). The number of aromatic amines is 1. The Morgan fingerprint density at radius 1 is 1.32 bits per heavy atom. The van der Waals surface area contributed by atoms with Gasteiger partial charge in [0.25, 0.3) is 0 Å². The number of alkyl halides is 3. The number of aliphatic hydroxyl groups is 1. The van der Waals surface area contributed by atoms with Gasteiger partial charge in [0.15, 0.2) is 5.60 Å². The molecule has 1 aromatic heterocycles. The zero-order valence-corrected chi connectivity index (χ0v) is 11.6. The van der Waals surface area contributed by atoms with Crippen molar-refractivity contribution in [3.05, 3.63) is 40.7 Å². The minimum Gasteiger partial charge on any atom is -0.384 e. The van der Waals surface area contributed by atoms with Crippen LogP contribution in [-0.4, -0.2) is 28.4 Å². The molecule has 0 unspecified atom stereocenters. The van der Waals surface area contributed by atoms with E-state index in [0.717, 1.165) is 5.39 Å². The molecular formula is C15H15F3N2O2. The van der Waals surface area contributed by atoms with Crippen molar-refractivity contribution in [3.63, 3.8) is 0 Å². The fraction of sp³-hybridized carbons (Fsp3) is 0.400. The van der Waals surface area contributed by atoms with Gasteiger partial charge in [-0.1, -0.05) is 18.2 Å². The second-order valence-corrected chi connectivity index (χ2v) is 5.78. The topological polar surface area (TPSA) is 65.1 Å². The van der Waals surface area contributed by atoms with Crippen LogP contribution in [0.1, 0.15) is 12.8 Å². The highest BCUT2D eigenvalue weighted by Gasteiger charge is 2.60. The molecule has 3 rings (SSSR count). The molecule has 7 heteroatoms. The van der Waals surface area contributed by atoms with Crippen LogP contribution in [0.5, 0.6) is 0 Å². The van der Waals surface area contributed by atoms with Crippen molar-refractivity contribution < 1.29 is 18.3 Å². The second kappa shape index (κ2) is 5.01. The first-order valence-electron chi connectivity index (χ1n) is 6.93. The van der Waals surface area contributed by atoms with Gasteiger partial charge in [0.2, 0.25) is 5.56 Å². The number of nitrogens with one attached hydrogen (secondary N) is 2. The van der Waals surface area contributed by atoms with Crippen LogP contribution < -0.4 is 10.9 Å². The summed E-state index contributed by atoms with van der Waals surface area (Å²) >= 11 is 0. The fourth-order valence-corrected chi connectivity index (χ4v) is 2.88. The number of benzene rings is 1. The molecule has 0 radical (unpaired) electrons. The number of halogens is 3. The number of H-pyrrole nitrogens is 1. The molecule has 2 aromatic rings. The third-order valence-corrected chi connectivity index (χ3v) is 4.11. The zero-order valence-electron chi connectivity index (χ0n) is 11.6. The summed E-state index contributed by atoms with van der Waals surface area (Å²) in [5.74, 6) is -0.273. The van der Waals surface area contributed by atoms with E-state index in [0.29, 0.717) is 11.2 Å². The second-order valence-electron chi connectivity index (χ2n) is 5.78. The van der Waals surface area contributed by atoms with Crippen LogP contribution in [0.2, 0.25) is 0 Å². The maximum absolute atomic E-state index is 12.6. The SMILES string of the molecule is O=c1cc(NCC2CC(O)(C(F)(F)F)C2)c2ccccc2[nH]1. The van der Waals surface area contributed by atoms with E-state index in [-0.39, 0.29) is 30.9 Å². The third-order valence-electron chi connectivity index (χ3n) is 4.11. The average molecular weight is 312 g/mol. The van der Waals surface area contributed by atoms with Crippen LogP contribution in [0.25, 0.3) is 10.9 Å². The molecule has 4 nitrogen and oxygen atoms in total. The molecule has 3 N–H and O–H groups in total. The van der Waals surface area contributed by atoms with Gasteiger partial charge in [0.05, 0.1) is 5.52 Å². The Balaban J connectivity index is 1.70. The Kier molecular flexibility index (Phi) is 3.40. The summed E-state index contributed by atoms with van der Waals surface area (Å²) in [6.45, 7) is 0.284. The maximum Gasteiger partial charge on any atom is 0.417 e. The number of pyridine rings is 1. The summed E-state index contributed by atoms with van der Waals surface area (Å²) in [7, 11) is 0. The molecular weight excluding hydrogens is 297 g/mol. The summed E-state index contributed by atoms with van der Waals surface area (Å²) in [5.41, 5.74) is -1.59. The Hall–Kier alpha value is -2.02. The van der Waals surface area contributed by atoms with Crippen LogP contribution in [0.15, 0.2) is 35.1 Å². The van der Waals surface area contributed by atoms with Gasteiger partial charge >= 0.3 is 6.18 Å². The van der Waals surface area contributed by atoms with Gasteiger partial charge in [-0.15, -0.1) is 0 Å². The molecule has 1 aliphatic carbocycles. The number of para-hydroxylation sites is 1. The normalized spacial score (nSPS) is 25.0. The summed E-state index contributed by atoms with van der Waals surface area (Å²) in [6.07, 6.45) is -5.21. The molecule has 1 aromatic carbocycles. The van der Waals surface area contributed by atoms with E-state index in [1.165, 1.54) is 6.07 Å². The van der Waals surface area contributed by atoms with E-state index in [2.05, 4.69) is 10.3 Å². The molecule has 1 fully saturated rings. The number of anilines is 1. The smallest absolute Gasteiger partial charge is 0.384 e. The van der Waals surface area contributed by atoms with Crippen molar-refractivity contribution in [2.75, 3.05) is 11.9 Å². The van der Waals surface area contributed by atoms with Gasteiger partial charge in [0, 0.05) is 23.7 Å². The minimum absolute atomic E-state index is 0.273. The summed E-state index contributed by atoms with van der Waals surface area (Å²) < 4.78 is 37.7. The van der Waals surface area contributed by atoms with E-state index in [4.69, 9.17) is 0 Å². The van der Waals surface area contributed by atoms with Crippen molar-refractivity contribution in [3.8, 4) is 0 Å². The van der Waals surface area contributed by atoms with Crippen molar-refractivity contribution >= 4 is 16.6 Å². The van der Waals surface area contributed by atoms with Crippen LogP contribution in [-0.2, 0) is 0 Å². The van der Waals surface area contributed by atoms with Crippen molar-refractivity contribution in [1.82, 2.24) is 4.98 Å². The minimum atomic E-state index is -4.58. The molecule has 0 aliphatic heterocycles. The summed E-state index contributed by atoms with van der Waals surface area (Å²) in [4.78, 5) is 14.3. The Labute approximate surface area is 124 Å². The summed E-state index contributed by atoms with van der Waals surface area (Å²) in [6, 6.07) is 8.57. The number of aromatic nitrogens is 1. The number of rotatable bonds is 3. The van der Waals surface area contributed by atoms with Gasteiger partial charge in [-0.05, 0) is 24.8 Å². The molecule has 0 atom stereocenters. The number of hydrogen-bond donors (Lipinski definition) is 3. The number of fused-ring (bicyclic) bond motifs is 1. The lowest BCUT2D eigenvalue weighted by atomic mass is 9.70. The highest BCUT2D eigenvalue weighted by atomic mass is 19.4. The third kappa shape index (κ3) is 2.56. The molecule has 0 saturated heterocycles. The quantitative estimate of drug-likeness (QED) is 0.816. The van der Waals surface area contributed by atoms with Crippen LogP contribution in [0, 0.1) is 5.92 Å². The van der Waals surface area contributed by atoms with Crippen LogP contribution >= 0.6 is 0 Å². The Morgan fingerprint density at radius 3 is 2.68 bits per heavy atom. The van der Waals surface area contributed by atoms with Crippen molar-refractivity contribution in [2.24, 2.45) is 5.92 Å². The van der Waals surface area contributed by atoms with Crippen LogP contribution in [0.3, 0.4) is 0 Å². The van der Waals surface area contributed by atoms with Crippen LogP contribution in [0.4, 0.5) is 18.9 Å². The van der Waals surface area contributed by atoms with Gasteiger partial charge < -0.3 is 15.4 Å². The molecule has 0 bridgehead atoms. The highest BCUT2D eigenvalue weighted by molar-refractivity contribution is 5.90. The van der Waals surface area contributed by atoms with E-state index in [9.17, 15) is 23.1 Å². The predicted octanol–water partition coefficient (Wildman–Crippen LogP) is 2.64. The zero-order chi connectivity index (χ0) is 16.0. The monoisotopic (exact) mass is 312 g/mol. The molecule has 0 amide bonds. The molecule has 1 aliphatic rings. The van der Waals surface area contributed by atoms with E-state index >= 15 is 0 Å². The number of hydrogen-bond acceptors (Lipinski definition) is 3. The first-order chi connectivity index (χ1) is 10.3. The van der Waals surface area contributed by atoms with E-state index in [1.807, 2.05) is 12.1 Å². The first kappa shape index (κ1) is 14.9. The lowest BCUT2D eigenvalue weighted by molar-refractivity contribution is -0.297. The molecule has 1 saturated carbocycles. The van der Waals surface area contributed by atoms with Gasteiger partial charge in [-0.2, -0.15) is 13.2 Å². The van der Waals surface area contributed by atoms with Gasteiger partial charge in [0.1, 0.15) is 0 Å². The molecule has 22 heavy (non-hydrogen) atoms. The van der Waals surface area contributed by atoms with Crippen molar-refractivity contribution in [1.29, 1.82) is 0 Å². The van der Waals surface area contributed by atoms with Gasteiger partial charge in [-0.25, -0.2) is 0 Å². The average Bonchev–Trinajstić information content (AvgIpc) is 2.40. The van der Waals surface area contributed by atoms with Gasteiger partial charge in [-0.3, -0.25) is 4.79 Å². The largest absolute Gasteiger partial charge is 0.417 e. The van der Waals surface area contributed by atoms with E-state index in [1.54, 1.807) is 12.1 Å². The molecule has 1 heterocycles. The Morgan fingerprint density at radius 2 is 2.00 bits per heavy atom. The highest BCUT2D eigenvalue weighted by Crippen LogP contribution is 2.48. The molecule has 118 valence electrons. The first-order valence-corrected chi connectivity index (χ1v) is 6.93. The maximum atomic E-state index is 12.6. The fourth-order valence-electron chi connectivity index (χ4n) is 2.88. The predicted molar refractivity (Wildman–Crippen MR) is 76.8 cm³/mol. The molecule has 0 spiro atoms. The van der Waals surface area contributed by atoms with E-state index < -0.39 is 11.8 Å². The lowest BCUT2D eigenvalue weighted by Gasteiger charge is -2.44. The van der Waals surface area contributed by atoms with Crippen molar-refractivity contribution in [2.45, 2.75) is 24.6 Å².